The number of nitriles is 1. The molecule has 2 saturated heterocycles. The first-order valence-electron chi connectivity index (χ1n) is 21.5. The minimum atomic E-state index is -0.321. The number of benzene rings is 2. The number of aromatic nitrogens is 6. The van der Waals surface area contributed by atoms with Crippen molar-refractivity contribution in [2.45, 2.75) is 84.9 Å². The number of hydrogen-bond donors (Lipinski definition) is 1. The van der Waals surface area contributed by atoms with Gasteiger partial charge < -0.3 is 24.3 Å². The van der Waals surface area contributed by atoms with Crippen LogP contribution in [0.1, 0.15) is 101 Å². The maximum Gasteiger partial charge on any atom is 0.272 e. The Morgan fingerprint density at radius 3 is 2.37 bits per heavy atom. The Morgan fingerprint density at radius 1 is 0.952 bits per heavy atom. The summed E-state index contributed by atoms with van der Waals surface area (Å²) in [7, 11) is 0. The fraction of sp³-hybridized carbons (Fsp3) is 0.404. The normalized spacial score (nSPS) is 24.0. The molecule has 1 aliphatic carbocycles. The Balaban J connectivity index is 0.784. The summed E-state index contributed by atoms with van der Waals surface area (Å²) in [4.78, 5) is 29.1. The first-order valence-corrected chi connectivity index (χ1v) is 22.7. The highest BCUT2D eigenvalue weighted by molar-refractivity contribution is 7.15. The van der Waals surface area contributed by atoms with Crippen LogP contribution in [0.5, 0.6) is 5.75 Å². The Kier molecular flexibility index (Phi) is 10.3. The van der Waals surface area contributed by atoms with Crippen LogP contribution >= 0.6 is 22.9 Å². The molecule has 3 fully saturated rings. The summed E-state index contributed by atoms with van der Waals surface area (Å²) < 4.78 is 14.0. The van der Waals surface area contributed by atoms with Gasteiger partial charge in [0, 0.05) is 70.8 Å². The summed E-state index contributed by atoms with van der Waals surface area (Å²) in [5.41, 5.74) is 6.26. The van der Waals surface area contributed by atoms with Gasteiger partial charge in [-0.05, 0) is 88.4 Å². The van der Waals surface area contributed by atoms with Crippen molar-refractivity contribution < 1.29 is 13.9 Å². The van der Waals surface area contributed by atoms with E-state index in [1.54, 1.807) is 48.1 Å². The number of ether oxygens (including phenoxy) is 1. The van der Waals surface area contributed by atoms with Crippen molar-refractivity contribution >= 4 is 46.1 Å². The second-order valence-electron chi connectivity index (χ2n) is 18.0. The van der Waals surface area contributed by atoms with Crippen molar-refractivity contribution in [3.63, 3.8) is 0 Å². The summed E-state index contributed by atoms with van der Waals surface area (Å²) in [6.07, 6.45) is 6.94. The molecule has 14 nitrogen and oxygen atoms in total. The SMILES string of the molecule is Cc1sc2c(c1C)C(c1ccc(N3C[C@@]4(C)CN(c5ccc(C(=O)NC6CCC(Oc7ccc(C#N)c(Cl)c7)CC6)nn5)C[C@@]4(C)C3)cc1)=N[C@@H](Cc1ncco1)c1nnc(C)n1-2. The van der Waals surface area contributed by atoms with Crippen LogP contribution in [0.3, 0.4) is 0 Å². The van der Waals surface area contributed by atoms with E-state index in [1.807, 2.05) is 13.0 Å². The molecule has 63 heavy (non-hydrogen) atoms. The predicted octanol–water partition coefficient (Wildman–Crippen LogP) is 8.16. The number of oxazole rings is 1. The molecule has 3 atom stereocenters. The molecular weight excluding hydrogens is 834 g/mol. The fourth-order valence-corrected chi connectivity index (χ4v) is 11.4. The summed E-state index contributed by atoms with van der Waals surface area (Å²) in [6.45, 7) is 14.6. The minimum absolute atomic E-state index is 0.00334. The highest BCUT2D eigenvalue weighted by Crippen LogP contribution is 2.53. The van der Waals surface area contributed by atoms with E-state index in [9.17, 15) is 4.79 Å². The molecule has 0 spiro atoms. The number of carbonyl (C=O) groups excluding carboxylic acids is 1. The maximum atomic E-state index is 13.2. The summed E-state index contributed by atoms with van der Waals surface area (Å²) in [5, 5.41) is 31.8. The number of nitrogens with zero attached hydrogens (tertiary/aromatic N) is 10. The summed E-state index contributed by atoms with van der Waals surface area (Å²) in [6, 6.07) is 19.5. The van der Waals surface area contributed by atoms with E-state index in [4.69, 9.17) is 31.0 Å². The fourth-order valence-electron chi connectivity index (χ4n) is 9.93. The van der Waals surface area contributed by atoms with Crippen LogP contribution < -0.4 is 19.9 Å². The van der Waals surface area contributed by atoms with Crippen LogP contribution in [-0.4, -0.2) is 79.9 Å². The van der Waals surface area contributed by atoms with Crippen molar-refractivity contribution in [3.8, 4) is 16.8 Å². The van der Waals surface area contributed by atoms with Crippen molar-refractivity contribution in [1.82, 2.24) is 35.3 Å². The topological polar surface area (TPSA) is 163 Å². The molecule has 0 bridgehead atoms. The standard InChI is InChI=1S/C47H48ClN11O3S/c1-27-28(2)63-45-41(27)42(52-38(21-40-50-18-19-61-40)43-56-53-29(3)59(43)45)30-6-11-33(12-7-30)57-23-46(4)25-58(26-47(46,5)24-57)39-17-16-37(54-55-39)44(60)51-32-9-14-34(15-10-32)62-35-13-8-31(22-49)36(48)20-35/h6-8,11-13,16-20,32,34,38H,9-10,14-15,21,23-26H2,1-5H3,(H,51,60)/t32?,34?,38-,46-,47+/m0/s1. The molecule has 6 aromatic rings. The van der Waals surface area contributed by atoms with E-state index in [2.05, 4.69) is 103 Å². The van der Waals surface area contributed by atoms with Gasteiger partial charge in [-0.3, -0.25) is 14.4 Å². The quantitative estimate of drug-likeness (QED) is 0.149. The van der Waals surface area contributed by atoms with Crippen LogP contribution in [0.4, 0.5) is 11.5 Å². The molecule has 322 valence electrons. The molecule has 16 heteroatoms. The third-order valence-corrected chi connectivity index (χ3v) is 15.3. The van der Waals surface area contributed by atoms with Crippen LogP contribution in [-0.2, 0) is 6.42 Å². The first kappa shape index (κ1) is 40.9. The molecule has 1 amide bonds. The third kappa shape index (κ3) is 7.42. The smallest absolute Gasteiger partial charge is 0.272 e. The van der Waals surface area contributed by atoms with E-state index < -0.39 is 0 Å². The largest absolute Gasteiger partial charge is 0.490 e. The van der Waals surface area contributed by atoms with E-state index in [-0.39, 0.29) is 34.9 Å². The molecule has 7 heterocycles. The van der Waals surface area contributed by atoms with Crippen molar-refractivity contribution in [3.05, 3.63) is 122 Å². The van der Waals surface area contributed by atoms with Crippen LogP contribution in [0.2, 0.25) is 5.02 Å². The zero-order valence-electron chi connectivity index (χ0n) is 35.9. The molecule has 2 aromatic carbocycles. The van der Waals surface area contributed by atoms with E-state index in [0.717, 1.165) is 91.2 Å². The Morgan fingerprint density at radius 2 is 1.70 bits per heavy atom. The molecule has 0 unspecified atom stereocenters. The van der Waals surface area contributed by atoms with Gasteiger partial charge in [0.25, 0.3) is 5.91 Å². The molecule has 1 N–H and O–H groups in total. The highest BCUT2D eigenvalue weighted by Gasteiger charge is 2.58. The summed E-state index contributed by atoms with van der Waals surface area (Å²) >= 11 is 7.94. The molecule has 1 saturated carbocycles. The minimum Gasteiger partial charge on any atom is -0.490 e. The molecule has 4 aromatic heterocycles. The second kappa shape index (κ2) is 15.9. The van der Waals surface area contributed by atoms with Gasteiger partial charge >= 0.3 is 0 Å². The molecule has 3 aliphatic heterocycles. The Bertz CT molecular complexity index is 2750. The van der Waals surface area contributed by atoms with Crippen LogP contribution in [0.15, 0.2) is 76.5 Å². The predicted molar refractivity (Wildman–Crippen MR) is 241 cm³/mol. The van der Waals surface area contributed by atoms with Crippen molar-refractivity contribution in [1.29, 1.82) is 5.26 Å². The van der Waals surface area contributed by atoms with Crippen LogP contribution in [0, 0.1) is 42.9 Å². The zero-order valence-corrected chi connectivity index (χ0v) is 37.5. The Labute approximate surface area is 375 Å². The van der Waals surface area contributed by atoms with Gasteiger partial charge in [-0.1, -0.05) is 37.6 Å². The maximum absolute atomic E-state index is 13.2. The van der Waals surface area contributed by atoms with Gasteiger partial charge in [0.15, 0.2) is 23.2 Å². The molecular formula is C47H48ClN11O3S. The number of carbonyl (C=O) groups is 1. The number of hydrogen-bond acceptors (Lipinski definition) is 13. The lowest BCUT2D eigenvalue weighted by atomic mass is 9.71. The number of aliphatic imine (C=N–C) groups is 1. The zero-order chi connectivity index (χ0) is 43.6. The lowest BCUT2D eigenvalue weighted by molar-refractivity contribution is 0.0888. The number of halogens is 1. The monoisotopic (exact) mass is 881 g/mol. The van der Waals surface area contributed by atoms with Gasteiger partial charge in [-0.2, -0.15) is 5.26 Å². The number of amides is 1. The van der Waals surface area contributed by atoms with Gasteiger partial charge in [-0.15, -0.1) is 31.7 Å². The molecule has 0 radical (unpaired) electrons. The third-order valence-electron chi connectivity index (χ3n) is 13.8. The van der Waals surface area contributed by atoms with Gasteiger partial charge in [0.2, 0.25) is 0 Å². The van der Waals surface area contributed by atoms with Crippen LogP contribution in [0.25, 0.3) is 5.00 Å². The average Bonchev–Trinajstić information content (AvgIpc) is 4.07. The van der Waals surface area contributed by atoms with E-state index in [1.165, 1.54) is 16.1 Å². The van der Waals surface area contributed by atoms with Gasteiger partial charge in [-0.25, -0.2) is 4.98 Å². The van der Waals surface area contributed by atoms with E-state index in [0.29, 0.717) is 34.3 Å². The van der Waals surface area contributed by atoms with Crippen molar-refractivity contribution in [2.75, 3.05) is 36.0 Å². The average molecular weight is 882 g/mol. The number of aryl methyl sites for hydroxylation is 2. The first-order chi connectivity index (χ1) is 30.4. The number of nitrogens with one attached hydrogen (secondary N) is 1. The van der Waals surface area contributed by atoms with E-state index >= 15 is 0 Å². The number of fused-ring (bicyclic) bond motifs is 4. The number of rotatable bonds is 9. The molecule has 4 aliphatic rings. The van der Waals surface area contributed by atoms with Crippen molar-refractivity contribution in [2.24, 2.45) is 15.8 Å². The van der Waals surface area contributed by atoms with Gasteiger partial charge in [0.05, 0.1) is 35.0 Å². The summed E-state index contributed by atoms with van der Waals surface area (Å²) in [5.74, 6) is 3.45. The lowest BCUT2D eigenvalue weighted by Gasteiger charge is -2.29. The lowest BCUT2D eigenvalue weighted by Crippen LogP contribution is -2.40. The second-order valence-corrected chi connectivity index (χ2v) is 19.6. The number of thiophene rings is 1. The highest BCUT2D eigenvalue weighted by atomic mass is 35.5. The van der Waals surface area contributed by atoms with Gasteiger partial charge in [0.1, 0.15) is 34.9 Å². The Hall–Kier alpha value is -6.11. The number of anilines is 2. The molecule has 10 rings (SSSR count).